The van der Waals surface area contributed by atoms with Gasteiger partial charge in [-0.25, -0.2) is 4.79 Å². The predicted octanol–water partition coefficient (Wildman–Crippen LogP) is 2.11. The number of carbonyl (C=O) groups is 1. The van der Waals surface area contributed by atoms with E-state index in [9.17, 15) is 4.79 Å². The number of hydrogen-bond donors (Lipinski definition) is 1. The van der Waals surface area contributed by atoms with Crippen molar-refractivity contribution in [3.63, 3.8) is 0 Å². The van der Waals surface area contributed by atoms with E-state index >= 15 is 0 Å². The van der Waals surface area contributed by atoms with Crippen molar-refractivity contribution in [1.29, 1.82) is 0 Å². The van der Waals surface area contributed by atoms with Crippen LogP contribution in [0.3, 0.4) is 0 Å². The maximum atomic E-state index is 11.0. The highest BCUT2D eigenvalue weighted by atomic mass is 32.1. The number of carboxylic acid groups (broad SMARTS) is 1. The SMILES string of the molecule is Cc1cc(OCCc2ccnn2C)c(C(=O)O)s1. The van der Waals surface area contributed by atoms with Gasteiger partial charge in [-0.15, -0.1) is 11.3 Å². The van der Waals surface area contributed by atoms with Gasteiger partial charge >= 0.3 is 5.97 Å². The van der Waals surface area contributed by atoms with Crippen molar-refractivity contribution in [2.24, 2.45) is 7.05 Å². The van der Waals surface area contributed by atoms with E-state index in [4.69, 9.17) is 9.84 Å². The van der Waals surface area contributed by atoms with Gasteiger partial charge in [-0.1, -0.05) is 0 Å². The molecule has 0 aliphatic heterocycles. The summed E-state index contributed by atoms with van der Waals surface area (Å²) in [4.78, 5) is 12.2. The quantitative estimate of drug-likeness (QED) is 0.900. The molecule has 0 fully saturated rings. The van der Waals surface area contributed by atoms with E-state index in [0.717, 1.165) is 10.6 Å². The van der Waals surface area contributed by atoms with Crippen molar-refractivity contribution >= 4 is 17.3 Å². The molecule has 0 saturated heterocycles. The Kier molecular flexibility index (Phi) is 3.66. The third kappa shape index (κ3) is 2.70. The summed E-state index contributed by atoms with van der Waals surface area (Å²) in [6.45, 7) is 2.31. The second-order valence-electron chi connectivity index (χ2n) is 3.90. The summed E-state index contributed by atoms with van der Waals surface area (Å²) in [5.41, 5.74) is 1.05. The lowest BCUT2D eigenvalue weighted by Crippen LogP contribution is -2.07. The molecule has 0 bridgehead atoms. The van der Waals surface area contributed by atoms with Crippen LogP contribution in [0.15, 0.2) is 18.3 Å². The summed E-state index contributed by atoms with van der Waals surface area (Å²) in [6.07, 6.45) is 2.43. The fraction of sp³-hybridized carbons (Fsp3) is 0.333. The van der Waals surface area contributed by atoms with Gasteiger partial charge in [0.1, 0.15) is 5.75 Å². The normalized spacial score (nSPS) is 10.6. The van der Waals surface area contributed by atoms with E-state index < -0.39 is 5.97 Å². The molecular weight excluding hydrogens is 252 g/mol. The van der Waals surface area contributed by atoms with Gasteiger partial charge in [0, 0.05) is 30.2 Å². The largest absolute Gasteiger partial charge is 0.491 e. The monoisotopic (exact) mass is 266 g/mol. The molecule has 0 aromatic carbocycles. The molecule has 0 aliphatic rings. The second-order valence-corrected chi connectivity index (χ2v) is 5.16. The van der Waals surface area contributed by atoms with Crippen LogP contribution in [0.1, 0.15) is 20.2 Å². The van der Waals surface area contributed by atoms with Crippen LogP contribution in [0, 0.1) is 6.92 Å². The van der Waals surface area contributed by atoms with Gasteiger partial charge in [-0.05, 0) is 19.1 Å². The number of hydrogen-bond acceptors (Lipinski definition) is 4. The summed E-state index contributed by atoms with van der Waals surface area (Å²) in [5, 5.41) is 13.1. The summed E-state index contributed by atoms with van der Waals surface area (Å²) in [5.74, 6) is -0.490. The molecule has 0 atom stereocenters. The van der Waals surface area contributed by atoms with Crippen molar-refractivity contribution in [1.82, 2.24) is 9.78 Å². The van der Waals surface area contributed by atoms with Crippen LogP contribution in [0.25, 0.3) is 0 Å². The van der Waals surface area contributed by atoms with Crippen LogP contribution >= 0.6 is 11.3 Å². The van der Waals surface area contributed by atoms with E-state index in [-0.39, 0.29) is 4.88 Å². The van der Waals surface area contributed by atoms with Crippen LogP contribution < -0.4 is 4.74 Å². The molecule has 2 aromatic rings. The maximum absolute atomic E-state index is 11.0. The number of carboxylic acids is 1. The van der Waals surface area contributed by atoms with Crippen LogP contribution in [0.2, 0.25) is 0 Å². The molecule has 96 valence electrons. The zero-order valence-corrected chi connectivity index (χ0v) is 11.0. The lowest BCUT2D eigenvalue weighted by molar-refractivity contribution is 0.0698. The van der Waals surface area contributed by atoms with Gasteiger partial charge in [-0.2, -0.15) is 5.10 Å². The minimum absolute atomic E-state index is 0.262. The molecule has 0 aliphatic carbocycles. The van der Waals surface area contributed by atoms with Gasteiger partial charge in [-0.3, -0.25) is 4.68 Å². The average molecular weight is 266 g/mol. The molecule has 0 amide bonds. The van der Waals surface area contributed by atoms with Gasteiger partial charge < -0.3 is 9.84 Å². The third-order valence-electron chi connectivity index (χ3n) is 2.55. The van der Waals surface area contributed by atoms with Gasteiger partial charge in [0.15, 0.2) is 4.88 Å². The van der Waals surface area contributed by atoms with Gasteiger partial charge in [0.05, 0.1) is 6.61 Å². The van der Waals surface area contributed by atoms with Crippen LogP contribution in [-0.2, 0) is 13.5 Å². The fourth-order valence-electron chi connectivity index (χ4n) is 1.66. The Balaban J connectivity index is 1.98. The maximum Gasteiger partial charge on any atom is 0.349 e. The summed E-state index contributed by atoms with van der Waals surface area (Å²) in [6, 6.07) is 3.68. The standard InChI is InChI=1S/C12H14N2O3S/c1-8-7-10(11(18-8)12(15)16)17-6-4-9-3-5-13-14(9)2/h3,5,7H,4,6H2,1-2H3,(H,15,16). The molecule has 0 saturated carbocycles. The van der Waals surface area contributed by atoms with Crippen LogP contribution in [0.5, 0.6) is 5.75 Å². The highest BCUT2D eigenvalue weighted by molar-refractivity contribution is 7.14. The van der Waals surface area contributed by atoms with Crippen molar-refractivity contribution in [2.45, 2.75) is 13.3 Å². The van der Waals surface area contributed by atoms with Gasteiger partial charge in [0.25, 0.3) is 0 Å². The van der Waals surface area contributed by atoms with Crippen molar-refractivity contribution in [3.05, 3.63) is 33.8 Å². The molecule has 18 heavy (non-hydrogen) atoms. The third-order valence-corrected chi connectivity index (χ3v) is 3.57. The molecule has 2 heterocycles. The Morgan fingerprint density at radius 1 is 1.61 bits per heavy atom. The average Bonchev–Trinajstić information content (AvgIpc) is 2.86. The predicted molar refractivity (Wildman–Crippen MR) is 68.4 cm³/mol. The highest BCUT2D eigenvalue weighted by Gasteiger charge is 2.15. The Labute approximate surface area is 109 Å². The van der Waals surface area contributed by atoms with E-state index in [1.807, 2.05) is 20.0 Å². The highest BCUT2D eigenvalue weighted by Crippen LogP contribution is 2.28. The number of ether oxygens (including phenoxy) is 1. The first-order valence-corrected chi connectivity index (χ1v) is 6.33. The van der Waals surface area contributed by atoms with Gasteiger partial charge in [0.2, 0.25) is 0 Å². The Bertz CT molecular complexity index is 559. The first-order valence-electron chi connectivity index (χ1n) is 5.51. The second kappa shape index (κ2) is 5.22. The van der Waals surface area contributed by atoms with E-state index in [1.165, 1.54) is 11.3 Å². The van der Waals surface area contributed by atoms with Crippen molar-refractivity contribution in [3.8, 4) is 5.75 Å². The number of aromatic carboxylic acids is 1. The zero-order chi connectivity index (χ0) is 13.1. The molecule has 0 radical (unpaired) electrons. The topological polar surface area (TPSA) is 64.4 Å². The molecule has 1 N–H and O–H groups in total. The number of aromatic nitrogens is 2. The van der Waals surface area contributed by atoms with E-state index in [0.29, 0.717) is 18.8 Å². The molecule has 5 nitrogen and oxygen atoms in total. The van der Waals surface area contributed by atoms with Crippen molar-refractivity contribution in [2.75, 3.05) is 6.61 Å². The molecule has 6 heteroatoms. The Morgan fingerprint density at radius 3 is 3.00 bits per heavy atom. The number of rotatable bonds is 5. The molecule has 0 spiro atoms. The molecule has 2 aromatic heterocycles. The van der Waals surface area contributed by atoms with E-state index in [2.05, 4.69) is 5.10 Å². The van der Waals surface area contributed by atoms with E-state index in [1.54, 1.807) is 16.9 Å². The Morgan fingerprint density at radius 2 is 2.39 bits per heavy atom. The van der Waals surface area contributed by atoms with Crippen LogP contribution in [-0.4, -0.2) is 27.5 Å². The fourth-order valence-corrected chi connectivity index (χ4v) is 2.45. The minimum atomic E-state index is -0.941. The lowest BCUT2D eigenvalue weighted by atomic mass is 10.3. The first-order chi connectivity index (χ1) is 8.58. The molecule has 0 unspecified atom stereocenters. The summed E-state index contributed by atoms with van der Waals surface area (Å²) in [7, 11) is 1.87. The number of thiophene rings is 1. The lowest BCUT2D eigenvalue weighted by Gasteiger charge is -2.05. The zero-order valence-electron chi connectivity index (χ0n) is 10.2. The number of nitrogens with zero attached hydrogens (tertiary/aromatic N) is 2. The minimum Gasteiger partial charge on any atom is -0.491 e. The summed E-state index contributed by atoms with van der Waals surface area (Å²) >= 11 is 1.23. The first kappa shape index (κ1) is 12.6. The Hall–Kier alpha value is -1.82. The number of aryl methyl sites for hydroxylation is 2. The molecule has 2 rings (SSSR count). The van der Waals surface area contributed by atoms with Crippen LogP contribution in [0.4, 0.5) is 0 Å². The molecular formula is C12H14N2O3S. The van der Waals surface area contributed by atoms with Crippen molar-refractivity contribution < 1.29 is 14.6 Å². The smallest absolute Gasteiger partial charge is 0.349 e. The summed E-state index contributed by atoms with van der Waals surface area (Å²) < 4.78 is 7.31.